The smallest absolute Gasteiger partial charge is 0.276 e. The SMILES string of the molecule is CN(Cc1c(F)cccc1[N+](=O)[O-])CC(O)CN1CCOCC1. The standard InChI is InChI=1S/C15H22FN3O4/c1-17(9-12(20)10-18-5-7-23-8-6-18)11-13-14(16)3-2-4-15(13)19(21)22/h2-4,12,20H,5-11H2,1H3. The van der Waals surface area contributed by atoms with Crippen molar-refractivity contribution in [3.63, 3.8) is 0 Å². The molecule has 1 aromatic rings. The number of benzene rings is 1. The van der Waals surface area contributed by atoms with Gasteiger partial charge < -0.3 is 9.84 Å². The van der Waals surface area contributed by atoms with Crippen LogP contribution in [0.5, 0.6) is 0 Å². The van der Waals surface area contributed by atoms with E-state index in [1.165, 1.54) is 18.2 Å². The second-order valence-corrected chi connectivity index (χ2v) is 5.76. The third-order valence-corrected chi connectivity index (χ3v) is 3.81. The molecule has 1 N–H and O–H groups in total. The third-order valence-electron chi connectivity index (χ3n) is 3.81. The van der Waals surface area contributed by atoms with Crippen molar-refractivity contribution in [2.24, 2.45) is 0 Å². The van der Waals surface area contributed by atoms with Crippen molar-refractivity contribution in [1.29, 1.82) is 0 Å². The molecule has 1 fully saturated rings. The quantitative estimate of drug-likeness (QED) is 0.591. The van der Waals surface area contributed by atoms with Crippen molar-refractivity contribution in [2.75, 3.05) is 46.4 Å². The highest BCUT2D eigenvalue weighted by molar-refractivity contribution is 5.40. The summed E-state index contributed by atoms with van der Waals surface area (Å²) in [5, 5.41) is 21.1. The van der Waals surface area contributed by atoms with Crippen molar-refractivity contribution in [1.82, 2.24) is 9.80 Å². The molecule has 8 heteroatoms. The molecule has 1 aliphatic rings. The first-order valence-corrected chi connectivity index (χ1v) is 7.56. The molecule has 1 atom stereocenters. The molecule has 1 aliphatic heterocycles. The highest BCUT2D eigenvalue weighted by atomic mass is 19.1. The number of nitro benzene ring substituents is 1. The van der Waals surface area contributed by atoms with Gasteiger partial charge in [0.1, 0.15) is 5.82 Å². The summed E-state index contributed by atoms with van der Waals surface area (Å²) in [4.78, 5) is 14.2. The molecule has 0 radical (unpaired) electrons. The lowest BCUT2D eigenvalue weighted by Gasteiger charge is -2.30. The van der Waals surface area contributed by atoms with Crippen LogP contribution in [0.3, 0.4) is 0 Å². The van der Waals surface area contributed by atoms with E-state index in [4.69, 9.17) is 4.74 Å². The third kappa shape index (κ3) is 5.21. The summed E-state index contributed by atoms with van der Waals surface area (Å²) < 4.78 is 19.1. The summed E-state index contributed by atoms with van der Waals surface area (Å²) in [5.41, 5.74) is -0.196. The minimum Gasteiger partial charge on any atom is -0.390 e. The number of aliphatic hydroxyl groups is 1. The highest BCUT2D eigenvalue weighted by Gasteiger charge is 2.21. The number of aliphatic hydroxyl groups excluding tert-OH is 1. The molecule has 7 nitrogen and oxygen atoms in total. The van der Waals surface area contributed by atoms with Gasteiger partial charge in [-0.1, -0.05) is 6.07 Å². The number of likely N-dealkylation sites (N-methyl/N-ethyl adjacent to an activating group) is 1. The Kier molecular flexibility index (Phi) is 6.40. The molecular formula is C15H22FN3O4. The summed E-state index contributed by atoms with van der Waals surface area (Å²) in [6.45, 7) is 3.76. The number of β-amino-alcohol motifs (C(OH)–C–C–N with tert-alkyl or cyclic N) is 1. The van der Waals surface area contributed by atoms with Crippen molar-refractivity contribution in [2.45, 2.75) is 12.6 Å². The normalized spacial score (nSPS) is 17.4. The van der Waals surface area contributed by atoms with Crippen LogP contribution in [-0.4, -0.2) is 72.4 Å². The van der Waals surface area contributed by atoms with Gasteiger partial charge in [-0.15, -0.1) is 0 Å². The maximum absolute atomic E-state index is 13.9. The number of hydrogen-bond acceptors (Lipinski definition) is 6. The number of nitrogens with zero attached hydrogens (tertiary/aromatic N) is 3. The van der Waals surface area contributed by atoms with Crippen LogP contribution < -0.4 is 0 Å². The van der Waals surface area contributed by atoms with Gasteiger partial charge in [-0.05, 0) is 13.1 Å². The first kappa shape index (κ1) is 17.7. The van der Waals surface area contributed by atoms with Gasteiger partial charge in [0.25, 0.3) is 5.69 Å². The largest absolute Gasteiger partial charge is 0.390 e. The summed E-state index contributed by atoms with van der Waals surface area (Å²) >= 11 is 0. The Morgan fingerprint density at radius 2 is 2.17 bits per heavy atom. The van der Waals surface area contributed by atoms with Crippen molar-refractivity contribution in [3.05, 3.63) is 39.7 Å². The van der Waals surface area contributed by atoms with Crippen molar-refractivity contribution < 1.29 is 19.2 Å². The lowest BCUT2D eigenvalue weighted by Crippen LogP contribution is -2.44. The van der Waals surface area contributed by atoms with E-state index < -0.39 is 16.8 Å². The number of morpholine rings is 1. The molecule has 128 valence electrons. The van der Waals surface area contributed by atoms with Gasteiger partial charge in [0.15, 0.2) is 0 Å². The van der Waals surface area contributed by atoms with Crippen LogP contribution in [0.1, 0.15) is 5.56 Å². The molecule has 0 bridgehead atoms. The Labute approximate surface area is 134 Å². The van der Waals surface area contributed by atoms with Gasteiger partial charge in [0, 0.05) is 38.8 Å². The summed E-state index contributed by atoms with van der Waals surface area (Å²) in [5.74, 6) is -0.603. The van der Waals surface area contributed by atoms with E-state index in [9.17, 15) is 19.6 Å². The fourth-order valence-electron chi connectivity index (χ4n) is 2.71. The van der Waals surface area contributed by atoms with Crippen molar-refractivity contribution in [3.8, 4) is 0 Å². The zero-order valence-corrected chi connectivity index (χ0v) is 13.2. The number of halogens is 1. The average molecular weight is 327 g/mol. The minimum atomic E-state index is -0.607. The summed E-state index contributed by atoms with van der Waals surface area (Å²) in [6, 6.07) is 3.82. The Morgan fingerprint density at radius 1 is 1.48 bits per heavy atom. The fourth-order valence-corrected chi connectivity index (χ4v) is 2.71. The maximum atomic E-state index is 13.9. The number of rotatable bonds is 7. The van der Waals surface area contributed by atoms with Gasteiger partial charge in [0.2, 0.25) is 0 Å². The zero-order chi connectivity index (χ0) is 16.8. The Balaban J connectivity index is 1.91. The molecule has 0 spiro atoms. The van der Waals surface area contributed by atoms with Crippen molar-refractivity contribution >= 4 is 5.69 Å². The molecule has 1 unspecified atom stereocenters. The topological polar surface area (TPSA) is 79.1 Å². The van der Waals surface area contributed by atoms with Crippen LogP contribution in [0.4, 0.5) is 10.1 Å². The molecule has 23 heavy (non-hydrogen) atoms. The fraction of sp³-hybridized carbons (Fsp3) is 0.600. The van der Waals surface area contributed by atoms with E-state index in [2.05, 4.69) is 4.90 Å². The molecule has 1 heterocycles. The number of nitro groups is 1. The van der Waals surface area contributed by atoms with Crippen LogP contribution in [0.15, 0.2) is 18.2 Å². The monoisotopic (exact) mass is 327 g/mol. The molecule has 2 rings (SSSR count). The molecule has 0 aliphatic carbocycles. The average Bonchev–Trinajstić information content (AvgIpc) is 2.49. The van der Waals surface area contributed by atoms with E-state index in [1.807, 2.05) is 0 Å². The summed E-state index contributed by atoms with van der Waals surface area (Å²) in [7, 11) is 1.71. The lowest BCUT2D eigenvalue weighted by molar-refractivity contribution is -0.385. The molecular weight excluding hydrogens is 305 g/mol. The predicted molar refractivity (Wildman–Crippen MR) is 82.7 cm³/mol. The predicted octanol–water partition coefficient (Wildman–Crippen LogP) is 0.859. The van der Waals surface area contributed by atoms with E-state index in [0.29, 0.717) is 26.3 Å². The van der Waals surface area contributed by atoms with Crippen LogP contribution >= 0.6 is 0 Å². The second-order valence-electron chi connectivity index (χ2n) is 5.76. The molecule has 0 saturated carbocycles. The molecule has 0 aromatic heterocycles. The van der Waals surface area contributed by atoms with Gasteiger partial charge >= 0.3 is 0 Å². The minimum absolute atomic E-state index is 0.0403. The van der Waals surface area contributed by atoms with E-state index in [-0.39, 0.29) is 17.8 Å². The van der Waals surface area contributed by atoms with Gasteiger partial charge in [-0.3, -0.25) is 19.9 Å². The Bertz CT molecular complexity index is 537. The molecule has 1 aromatic carbocycles. The Morgan fingerprint density at radius 3 is 2.83 bits per heavy atom. The first-order valence-electron chi connectivity index (χ1n) is 7.56. The number of ether oxygens (including phenoxy) is 1. The van der Waals surface area contributed by atoms with Gasteiger partial charge in [0.05, 0.1) is 29.8 Å². The van der Waals surface area contributed by atoms with Gasteiger partial charge in [-0.2, -0.15) is 0 Å². The molecule has 0 amide bonds. The van der Waals surface area contributed by atoms with E-state index in [1.54, 1.807) is 11.9 Å². The maximum Gasteiger partial charge on any atom is 0.276 e. The summed E-state index contributed by atoms with van der Waals surface area (Å²) in [6.07, 6.45) is -0.607. The first-order chi connectivity index (χ1) is 11.0. The highest BCUT2D eigenvalue weighted by Crippen LogP contribution is 2.22. The van der Waals surface area contributed by atoms with E-state index in [0.717, 1.165) is 13.1 Å². The van der Waals surface area contributed by atoms with Gasteiger partial charge in [-0.25, -0.2) is 4.39 Å². The van der Waals surface area contributed by atoms with Crippen LogP contribution in [0.2, 0.25) is 0 Å². The Hall–Kier alpha value is -1.61. The number of hydrogen-bond donors (Lipinski definition) is 1. The lowest BCUT2D eigenvalue weighted by atomic mass is 10.1. The van der Waals surface area contributed by atoms with E-state index >= 15 is 0 Å². The van der Waals surface area contributed by atoms with Crippen LogP contribution in [0.25, 0.3) is 0 Å². The molecule has 1 saturated heterocycles. The van der Waals surface area contributed by atoms with Crippen LogP contribution in [-0.2, 0) is 11.3 Å². The van der Waals surface area contributed by atoms with Crippen LogP contribution in [0, 0.1) is 15.9 Å². The zero-order valence-electron chi connectivity index (χ0n) is 13.2. The second kappa shape index (κ2) is 8.30.